The molecule has 1 unspecified atom stereocenters. The van der Waals surface area contributed by atoms with Crippen LogP contribution in [-0.4, -0.2) is 34.1 Å². The summed E-state index contributed by atoms with van der Waals surface area (Å²) < 4.78 is 31.6. The van der Waals surface area contributed by atoms with Gasteiger partial charge >= 0.3 is 5.97 Å². The topological polar surface area (TPSA) is 98.5 Å². The van der Waals surface area contributed by atoms with Crippen LogP contribution >= 0.6 is 12.4 Å². The highest BCUT2D eigenvalue weighted by Crippen LogP contribution is 2.31. The minimum atomic E-state index is -3.68. The molecule has 1 aliphatic carbocycles. The zero-order chi connectivity index (χ0) is 15.6. The molecule has 0 aromatic heterocycles. The molecule has 1 atom stereocenters. The van der Waals surface area contributed by atoms with Crippen molar-refractivity contribution >= 4 is 28.4 Å². The zero-order valence-corrected chi connectivity index (χ0v) is 14.2. The van der Waals surface area contributed by atoms with E-state index in [0.717, 1.165) is 12.8 Å². The first-order valence-electron chi connectivity index (χ1n) is 6.79. The average molecular weight is 349 g/mol. The van der Waals surface area contributed by atoms with Crippen molar-refractivity contribution in [2.24, 2.45) is 11.7 Å². The van der Waals surface area contributed by atoms with E-state index < -0.39 is 16.0 Å². The lowest BCUT2D eigenvalue weighted by Crippen LogP contribution is -2.38. The van der Waals surface area contributed by atoms with Crippen LogP contribution < -0.4 is 10.5 Å². The van der Waals surface area contributed by atoms with Crippen LogP contribution in [0, 0.1) is 12.8 Å². The summed E-state index contributed by atoms with van der Waals surface area (Å²) in [6, 6.07) is 4.21. The lowest BCUT2D eigenvalue weighted by molar-refractivity contribution is 0.0599. The highest BCUT2D eigenvalue weighted by Gasteiger charge is 2.29. The maximum Gasteiger partial charge on any atom is 0.338 e. The van der Waals surface area contributed by atoms with E-state index in [-0.39, 0.29) is 35.5 Å². The van der Waals surface area contributed by atoms with Gasteiger partial charge < -0.3 is 10.5 Å². The summed E-state index contributed by atoms with van der Waals surface area (Å²) in [7, 11) is -2.42. The van der Waals surface area contributed by atoms with E-state index in [1.54, 1.807) is 13.0 Å². The number of methoxy groups -OCH3 is 1. The highest BCUT2D eigenvalue weighted by atomic mass is 35.5. The van der Waals surface area contributed by atoms with Crippen molar-refractivity contribution in [3.8, 4) is 0 Å². The Bertz CT molecular complexity index is 644. The Morgan fingerprint density at radius 2 is 2.09 bits per heavy atom. The van der Waals surface area contributed by atoms with Crippen LogP contribution in [0.4, 0.5) is 0 Å². The molecule has 124 valence electrons. The summed E-state index contributed by atoms with van der Waals surface area (Å²) in [6.45, 7) is 1.92. The number of halogens is 1. The van der Waals surface area contributed by atoms with Crippen LogP contribution in [0.3, 0.4) is 0 Å². The number of aryl methyl sites for hydroxylation is 1. The summed E-state index contributed by atoms with van der Waals surface area (Å²) in [4.78, 5) is 11.7. The Labute approximate surface area is 136 Å². The lowest BCUT2D eigenvalue weighted by Gasteiger charge is -2.13. The second-order valence-corrected chi connectivity index (χ2v) is 7.09. The third-order valence-corrected chi connectivity index (χ3v) is 5.08. The van der Waals surface area contributed by atoms with Gasteiger partial charge in [-0.15, -0.1) is 12.4 Å². The van der Waals surface area contributed by atoms with E-state index in [1.807, 2.05) is 0 Å². The summed E-state index contributed by atoms with van der Waals surface area (Å²) in [5.74, 6) is -0.143. The molecule has 2 rings (SSSR count). The average Bonchev–Trinajstić information content (AvgIpc) is 3.29. The molecule has 0 heterocycles. The van der Waals surface area contributed by atoms with Crippen LogP contribution in [0.1, 0.15) is 28.8 Å². The third kappa shape index (κ3) is 4.42. The van der Waals surface area contributed by atoms with Gasteiger partial charge in [-0.3, -0.25) is 0 Å². The number of hydrogen-bond acceptors (Lipinski definition) is 5. The summed E-state index contributed by atoms with van der Waals surface area (Å²) >= 11 is 0. The molecule has 3 N–H and O–H groups in total. The molecule has 0 amide bonds. The molecule has 22 heavy (non-hydrogen) atoms. The number of benzene rings is 1. The van der Waals surface area contributed by atoms with Gasteiger partial charge in [-0.2, -0.15) is 0 Å². The van der Waals surface area contributed by atoms with E-state index in [4.69, 9.17) is 5.73 Å². The van der Waals surface area contributed by atoms with Gasteiger partial charge in [0.15, 0.2) is 0 Å². The van der Waals surface area contributed by atoms with E-state index in [1.165, 1.54) is 19.2 Å². The predicted molar refractivity (Wildman–Crippen MR) is 85.7 cm³/mol. The number of nitrogens with two attached hydrogens (primary N) is 1. The van der Waals surface area contributed by atoms with Crippen LogP contribution in [0.15, 0.2) is 23.1 Å². The smallest absolute Gasteiger partial charge is 0.338 e. The number of nitrogens with one attached hydrogen (secondary N) is 1. The Balaban J connectivity index is 0.00000242. The molecule has 1 aliphatic rings. The van der Waals surface area contributed by atoms with Crippen molar-refractivity contribution in [3.05, 3.63) is 29.3 Å². The summed E-state index contributed by atoms with van der Waals surface area (Å²) in [6.07, 6.45) is 2.11. The second-order valence-electron chi connectivity index (χ2n) is 5.32. The van der Waals surface area contributed by atoms with Gasteiger partial charge in [-0.05, 0) is 43.4 Å². The standard InChI is InChI=1S/C14H20N2O4S.ClH/c1-9-3-6-11(7-12(9)14(17)20-2)21(18,19)16-8-13(15)10-4-5-10;/h3,6-7,10,13,16H,4-5,8,15H2,1-2H3;1H. The SMILES string of the molecule is COC(=O)c1cc(S(=O)(=O)NCC(N)C2CC2)ccc1C.Cl. The predicted octanol–water partition coefficient (Wildman–Crippen LogP) is 1.22. The maximum atomic E-state index is 12.2. The van der Waals surface area contributed by atoms with E-state index in [9.17, 15) is 13.2 Å². The number of rotatable bonds is 6. The quantitative estimate of drug-likeness (QED) is 0.753. The lowest BCUT2D eigenvalue weighted by atomic mass is 10.1. The molecule has 0 spiro atoms. The van der Waals surface area contributed by atoms with Crippen LogP contribution in [-0.2, 0) is 14.8 Å². The van der Waals surface area contributed by atoms with Crippen LogP contribution in [0.2, 0.25) is 0 Å². The molecule has 6 nitrogen and oxygen atoms in total. The number of sulfonamides is 1. The molecule has 1 aromatic carbocycles. The maximum absolute atomic E-state index is 12.2. The first-order valence-corrected chi connectivity index (χ1v) is 8.27. The van der Waals surface area contributed by atoms with Gasteiger partial charge in [0.2, 0.25) is 10.0 Å². The molecular weight excluding hydrogens is 328 g/mol. The third-order valence-electron chi connectivity index (χ3n) is 3.66. The Hall–Kier alpha value is -1.15. The Morgan fingerprint density at radius 1 is 1.45 bits per heavy atom. The Kier molecular flexibility index (Phi) is 6.37. The van der Waals surface area contributed by atoms with Gasteiger partial charge in [0.25, 0.3) is 0 Å². The normalized spacial score (nSPS) is 15.8. The largest absolute Gasteiger partial charge is 0.465 e. The summed E-state index contributed by atoms with van der Waals surface area (Å²) in [5, 5.41) is 0. The minimum absolute atomic E-state index is 0. The van der Waals surface area contributed by atoms with E-state index in [2.05, 4.69) is 9.46 Å². The Morgan fingerprint density at radius 3 is 2.64 bits per heavy atom. The molecule has 1 fully saturated rings. The van der Waals surface area contributed by atoms with Crippen molar-refractivity contribution in [2.75, 3.05) is 13.7 Å². The fourth-order valence-corrected chi connectivity index (χ4v) is 3.18. The monoisotopic (exact) mass is 348 g/mol. The van der Waals surface area contributed by atoms with Crippen molar-refractivity contribution in [1.29, 1.82) is 0 Å². The van der Waals surface area contributed by atoms with Gasteiger partial charge in [0.1, 0.15) is 0 Å². The fraction of sp³-hybridized carbons (Fsp3) is 0.500. The van der Waals surface area contributed by atoms with Crippen molar-refractivity contribution in [3.63, 3.8) is 0 Å². The number of carbonyl (C=O) groups excluding carboxylic acids is 1. The van der Waals surface area contributed by atoms with Gasteiger partial charge in [-0.25, -0.2) is 17.9 Å². The van der Waals surface area contributed by atoms with Crippen molar-refractivity contribution in [2.45, 2.75) is 30.7 Å². The molecule has 8 heteroatoms. The number of hydrogen-bond donors (Lipinski definition) is 2. The first-order chi connectivity index (χ1) is 9.85. The van der Waals surface area contributed by atoms with Crippen molar-refractivity contribution in [1.82, 2.24) is 4.72 Å². The molecule has 0 aliphatic heterocycles. The second kappa shape index (κ2) is 7.41. The van der Waals surface area contributed by atoms with Crippen LogP contribution in [0.25, 0.3) is 0 Å². The molecule has 0 bridgehead atoms. The van der Waals surface area contributed by atoms with Gasteiger partial charge in [-0.1, -0.05) is 6.07 Å². The van der Waals surface area contributed by atoms with Crippen LogP contribution in [0.5, 0.6) is 0 Å². The fourth-order valence-electron chi connectivity index (χ4n) is 2.08. The molecule has 1 saturated carbocycles. The van der Waals surface area contributed by atoms with Gasteiger partial charge in [0, 0.05) is 12.6 Å². The summed E-state index contributed by atoms with van der Waals surface area (Å²) in [5.41, 5.74) is 6.79. The minimum Gasteiger partial charge on any atom is -0.465 e. The van der Waals surface area contributed by atoms with E-state index >= 15 is 0 Å². The molecule has 0 radical (unpaired) electrons. The van der Waals surface area contributed by atoms with Gasteiger partial charge in [0.05, 0.1) is 17.6 Å². The number of carbonyl (C=O) groups is 1. The molecule has 0 saturated heterocycles. The van der Waals surface area contributed by atoms with E-state index in [0.29, 0.717) is 11.5 Å². The molecule has 1 aromatic rings. The molecular formula is C14H21ClN2O4S. The number of esters is 1. The highest BCUT2D eigenvalue weighted by molar-refractivity contribution is 7.89. The number of ether oxygens (including phenoxy) is 1. The first kappa shape index (κ1) is 18.9. The van der Waals surface area contributed by atoms with Crippen molar-refractivity contribution < 1.29 is 17.9 Å². The zero-order valence-electron chi connectivity index (χ0n) is 12.5.